The molecule has 0 aliphatic rings. The maximum atomic E-state index is 12.5. The van der Waals surface area contributed by atoms with Gasteiger partial charge in [-0.2, -0.15) is 8.78 Å². The van der Waals surface area contributed by atoms with E-state index < -0.39 is 6.61 Å². The first kappa shape index (κ1) is 18.0. The van der Waals surface area contributed by atoms with Gasteiger partial charge in [0.2, 0.25) is 0 Å². The Morgan fingerprint density at radius 1 is 1.36 bits per heavy atom. The van der Waals surface area contributed by atoms with E-state index in [1.165, 1.54) is 13.2 Å². The van der Waals surface area contributed by atoms with E-state index in [0.29, 0.717) is 23.8 Å². The number of halogens is 2. The van der Waals surface area contributed by atoms with Crippen LogP contribution in [0.1, 0.15) is 25.8 Å². The molecule has 0 radical (unpaired) electrons. The second-order valence-corrected chi connectivity index (χ2v) is 4.73. The average molecular weight is 315 g/mol. The molecular weight excluding hydrogens is 292 g/mol. The number of guanidine groups is 1. The Morgan fingerprint density at radius 3 is 2.64 bits per heavy atom. The van der Waals surface area contributed by atoms with Crippen molar-refractivity contribution in [1.29, 1.82) is 0 Å². The fraction of sp³-hybridized carbons (Fsp3) is 0.533. The van der Waals surface area contributed by atoms with Gasteiger partial charge in [0.1, 0.15) is 11.5 Å². The van der Waals surface area contributed by atoms with Crippen LogP contribution < -0.4 is 20.1 Å². The van der Waals surface area contributed by atoms with Crippen molar-refractivity contribution in [2.24, 2.45) is 4.99 Å². The molecule has 1 aromatic carbocycles. The number of rotatable bonds is 7. The molecule has 1 atom stereocenters. The molecule has 0 aliphatic carbocycles. The Balaban J connectivity index is 2.79. The summed E-state index contributed by atoms with van der Waals surface area (Å²) in [7, 11) is 3.12. The highest BCUT2D eigenvalue weighted by atomic mass is 19.3. The monoisotopic (exact) mass is 315 g/mol. The molecule has 7 heteroatoms. The van der Waals surface area contributed by atoms with Crippen molar-refractivity contribution in [1.82, 2.24) is 10.6 Å². The minimum absolute atomic E-state index is 0.0841. The van der Waals surface area contributed by atoms with Crippen LogP contribution in [0.4, 0.5) is 8.78 Å². The second-order valence-electron chi connectivity index (χ2n) is 4.73. The van der Waals surface area contributed by atoms with Crippen LogP contribution in [0.15, 0.2) is 23.2 Å². The molecule has 2 N–H and O–H groups in total. The number of aliphatic imine (C=N–C) groups is 1. The van der Waals surface area contributed by atoms with E-state index in [1.807, 2.05) is 6.92 Å². The molecular formula is C15H23F2N3O2. The van der Waals surface area contributed by atoms with E-state index >= 15 is 0 Å². The van der Waals surface area contributed by atoms with E-state index in [4.69, 9.17) is 4.74 Å². The van der Waals surface area contributed by atoms with E-state index in [-0.39, 0.29) is 11.8 Å². The number of benzene rings is 1. The number of hydrogen-bond acceptors (Lipinski definition) is 3. The van der Waals surface area contributed by atoms with E-state index in [0.717, 1.165) is 6.42 Å². The van der Waals surface area contributed by atoms with Gasteiger partial charge in [0.05, 0.1) is 7.11 Å². The molecule has 0 fully saturated rings. The number of methoxy groups -OCH3 is 1. The largest absolute Gasteiger partial charge is 0.497 e. The van der Waals surface area contributed by atoms with Gasteiger partial charge in [0.25, 0.3) is 0 Å². The van der Waals surface area contributed by atoms with Gasteiger partial charge >= 0.3 is 6.61 Å². The quantitative estimate of drug-likeness (QED) is 0.600. The van der Waals surface area contributed by atoms with Crippen molar-refractivity contribution in [2.75, 3.05) is 14.2 Å². The minimum Gasteiger partial charge on any atom is -0.497 e. The van der Waals surface area contributed by atoms with Gasteiger partial charge in [-0.15, -0.1) is 0 Å². The van der Waals surface area contributed by atoms with Crippen LogP contribution in [0.5, 0.6) is 11.5 Å². The van der Waals surface area contributed by atoms with Crippen molar-refractivity contribution in [2.45, 2.75) is 39.5 Å². The lowest BCUT2D eigenvalue weighted by Gasteiger charge is -2.18. The third-order valence-corrected chi connectivity index (χ3v) is 3.16. The summed E-state index contributed by atoms with van der Waals surface area (Å²) in [6.45, 7) is 1.51. The van der Waals surface area contributed by atoms with Crippen molar-refractivity contribution in [3.63, 3.8) is 0 Å². The molecule has 0 aromatic heterocycles. The Hall–Kier alpha value is -2.05. The van der Waals surface area contributed by atoms with Crippen molar-refractivity contribution in [3.8, 4) is 11.5 Å². The van der Waals surface area contributed by atoms with E-state index in [1.54, 1.807) is 19.2 Å². The summed E-state index contributed by atoms with van der Waals surface area (Å²) < 4.78 is 34.6. The molecule has 1 unspecified atom stereocenters. The molecule has 0 aliphatic heterocycles. The zero-order chi connectivity index (χ0) is 16.5. The third-order valence-electron chi connectivity index (χ3n) is 3.16. The molecule has 1 aromatic rings. The molecule has 0 heterocycles. The van der Waals surface area contributed by atoms with Crippen LogP contribution in [-0.4, -0.2) is 32.8 Å². The van der Waals surface area contributed by atoms with Crippen molar-refractivity contribution in [3.05, 3.63) is 23.8 Å². The van der Waals surface area contributed by atoms with Gasteiger partial charge in [-0.25, -0.2) is 0 Å². The zero-order valence-corrected chi connectivity index (χ0v) is 13.3. The van der Waals surface area contributed by atoms with Gasteiger partial charge in [-0.3, -0.25) is 4.99 Å². The van der Waals surface area contributed by atoms with Crippen molar-refractivity contribution < 1.29 is 18.3 Å². The Bertz CT molecular complexity index is 496. The standard InChI is InChI=1S/C15H23F2N3O2/c1-5-10(2)20-15(18-3)19-9-11-6-7-12(21-4)8-13(11)22-14(16)17/h6-8,10,14H,5,9H2,1-4H3,(H2,18,19,20). The summed E-state index contributed by atoms with van der Waals surface area (Å²) in [5.41, 5.74) is 0.591. The molecule has 22 heavy (non-hydrogen) atoms. The summed E-state index contributed by atoms with van der Waals surface area (Å²) in [6, 6.07) is 5.08. The van der Waals surface area contributed by atoms with Crippen LogP contribution in [0.25, 0.3) is 0 Å². The predicted molar refractivity (Wildman–Crippen MR) is 82.7 cm³/mol. The molecule has 5 nitrogen and oxygen atoms in total. The fourth-order valence-electron chi connectivity index (χ4n) is 1.72. The molecule has 0 spiro atoms. The fourth-order valence-corrected chi connectivity index (χ4v) is 1.72. The molecule has 0 saturated carbocycles. The van der Waals surface area contributed by atoms with Crippen molar-refractivity contribution >= 4 is 5.96 Å². The highest BCUT2D eigenvalue weighted by Crippen LogP contribution is 2.26. The summed E-state index contributed by atoms with van der Waals surface area (Å²) in [5, 5.41) is 6.27. The highest BCUT2D eigenvalue weighted by Gasteiger charge is 2.12. The molecule has 0 saturated heterocycles. The highest BCUT2D eigenvalue weighted by molar-refractivity contribution is 5.79. The van der Waals surface area contributed by atoms with Crippen LogP contribution in [-0.2, 0) is 6.54 Å². The van der Waals surface area contributed by atoms with Crippen LogP contribution in [0.3, 0.4) is 0 Å². The molecule has 0 amide bonds. The SMILES string of the molecule is CCC(C)NC(=NC)NCc1ccc(OC)cc1OC(F)F. The lowest BCUT2D eigenvalue weighted by Crippen LogP contribution is -2.41. The topological polar surface area (TPSA) is 54.9 Å². The molecule has 1 rings (SSSR count). The Kier molecular flexibility index (Phi) is 7.42. The average Bonchev–Trinajstić information content (AvgIpc) is 2.51. The van der Waals surface area contributed by atoms with Gasteiger partial charge in [-0.05, 0) is 25.5 Å². The van der Waals surface area contributed by atoms with Gasteiger partial charge in [-0.1, -0.05) is 6.92 Å². The molecule has 0 bridgehead atoms. The number of alkyl halides is 2. The van der Waals surface area contributed by atoms with E-state index in [9.17, 15) is 8.78 Å². The Morgan fingerprint density at radius 2 is 2.09 bits per heavy atom. The van der Waals surface area contributed by atoms with Gasteiger partial charge < -0.3 is 20.1 Å². The van der Waals surface area contributed by atoms with Gasteiger partial charge in [0, 0.05) is 31.3 Å². The number of hydrogen-bond donors (Lipinski definition) is 2. The van der Waals surface area contributed by atoms with E-state index in [2.05, 4.69) is 27.3 Å². The lowest BCUT2D eigenvalue weighted by atomic mass is 10.2. The maximum Gasteiger partial charge on any atom is 0.387 e. The van der Waals surface area contributed by atoms with Crippen LogP contribution >= 0.6 is 0 Å². The maximum absolute atomic E-state index is 12.5. The number of nitrogens with one attached hydrogen (secondary N) is 2. The lowest BCUT2D eigenvalue weighted by molar-refractivity contribution is -0.0505. The Labute approximate surface area is 129 Å². The minimum atomic E-state index is -2.89. The first-order valence-corrected chi connectivity index (χ1v) is 7.09. The number of ether oxygens (including phenoxy) is 2. The summed E-state index contributed by atoms with van der Waals surface area (Å²) in [6.07, 6.45) is 0.947. The second kappa shape index (κ2) is 9.07. The summed E-state index contributed by atoms with van der Waals surface area (Å²) in [4.78, 5) is 4.10. The first-order chi connectivity index (χ1) is 10.5. The third kappa shape index (κ3) is 5.75. The normalized spacial score (nSPS) is 13.0. The summed E-state index contributed by atoms with van der Waals surface area (Å²) >= 11 is 0. The van der Waals surface area contributed by atoms with Crippen LogP contribution in [0, 0.1) is 0 Å². The van der Waals surface area contributed by atoms with Gasteiger partial charge in [0.15, 0.2) is 5.96 Å². The molecule has 124 valence electrons. The number of nitrogens with zero attached hydrogens (tertiary/aromatic N) is 1. The first-order valence-electron chi connectivity index (χ1n) is 7.09. The zero-order valence-electron chi connectivity index (χ0n) is 13.3. The summed E-state index contributed by atoms with van der Waals surface area (Å²) in [5.74, 6) is 1.15. The predicted octanol–water partition coefficient (Wildman–Crippen LogP) is 2.76. The van der Waals surface area contributed by atoms with Crippen LogP contribution in [0.2, 0.25) is 0 Å². The smallest absolute Gasteiger partial charge is 0.387 e.